The quantitative estimate of drug-likeness (QED) is 0.802. The molecule has 0 amide bonds. The maximum atomic E-state index is 9.16. The van der Waals surface area contributed by atoms with Crippen LogP contribution in [-0.4, -0.2) is 28.7 Å². The lowest BCUT2D eigenvalue weighted by atomic mass is 10.1. The molecule has 0 spiro atoms. The molecule has 1 aromatic carbocycles. The van der Waals surface area contributed by atoms with Crippen LogP contribution in [0.1, 0.15) is 5.69 Å². The van der Waals surface area contributed by atoms with Crippen molar-refractivity contribution < 1.29 is 14.6 Å². The number of aliphatic hydroxyl groups excluding tert-OH is 1. The summed E-state index contributed by atoms with van der Waals surface area (Å²) in [5.41, 5.74) is 2.69. The number of aliphatic hydroxyl groups is 1. The number of benzene rings is 1. The SMILES string of the molecule is COc1ccc(-c2csc3nc(CO)cn23)cc1OC. The van der Waals surface area contributed by atoms with Crippen LogP contribution in [0.3, 0.4) is 0 Å². The lowest BCUT2D eigenvalue weighted by Gasteiger charge is -2.09. The van der Waals surface area contributed by atoms with Crippen molar-refractivity contribution in [1.29, 1.82) is 0 Å². The number of nitrogens with zero attached hydrogens (tertiary/aromatic N) is 2. The fraction of sp³-hybridized carbons (Fsp3) is 0.214. The maximum absolute atomic E-state index is 9.16. The molecule has 104 valence electrons. The number of aromatic nitrogens is 2. The molecule has 20 heavy (non-hydrogen) atoms. The molecule has 0 saturated carbocycles. The number of hydrogen-bond donors (Lipinski definition) is 1. The highest BCUT2D eigenvalue weighted by molar-refractivity contribution is 7.15. The Labute approximate surface area is 120 Å². The van der Waals surface area contributed by atoms with E-state index < -0.39 is 0 Å². The second-order valence-electron chi connectivity index (χ2n) is 4.23. The summed E-state index contributed by atoms with van der Waals surface area (Å²) in [5, 5.41) is 11.2. The molecular weight excluding hydrogens is 276 g/mol. The van der Waals surface area contributed by atoms with Gasteiger partial charge in [0, 0.05) is 17.1 Å². The first kappa shape index (κ1) is 13.0. The van der Waals surface area contributed by atoms with Crippen molar-refractivity contribution >= 4 is 16.3 Å². The van der Waals surface area contributed by atoms with Crippen molar-refractivity contribution in [2.75, 3.05) is 14.2 Å². The summed E-state index contributed by atoms with van der Waals surface area (Å²) in [6.07, 6.45) is 1.85. The second-order valence-corrected chi connectivity index (χ2v) is 5.07. The zero-order valence-electron chi connectivity index (χ0n) is 11.2. The summed E-state index contributed by atoms with van der Waals surface area (Å²) in [4.78, 5) is 5.19. The van der Waals surface area contributed by atoms with Crippen LogP contribution < -0.4 is 9.47 Å². The smallest absolute Gasteiger partial charge is 0.194 e. The van der Waals surface area contributed by atoms with Gasteiger partial charge in [-0.25, -0.2) is 4.98 Å². The van der Waals surface area contributed by atoms with Crippen LogP contribution >= 0.6 is 11.3 Å². The molecule has 5 nitrogen and oxygen atoms in total. The number of hydrogen-bond acceptors (Lipinski definition) is 5. The van der Waals surface area contributed by atoms with Crippen LogP contribution in [0.2, 0.25) is 0 Å². The molecule has 6 heteroatoms. The first-order valence-corrected chi connectivity index (χ1v) is 6.93. The molecule has 2 aromatic heterocycles. The number of rotatable bonds is 4. The van der Waals surface area contributed by atoms with Gasteiger partial charge in [0.15, 0.2) is 16.5 Å². The van der Waals surface area contributed by atoms with Gasteiger partial charge < -0.3 is 14.6 Å². The van der Waals surface area contributed by atoms with Crippen molar-refractivity contribution in [1.82, 2.24) is 9.38 Å². The maximum Gasteiger partial charge on any atom is 0.194 e. The van der Waals surface area contributed by atoms with E-state index in [9.17, 15) is 0 Å². The van der Waals surface area contributed by atoms with Gasteiger partial charge in [-0.05, 0) is 18.2 Å². The highest BCUT2D eigenvalue weighted by Crippen LogP contribution is 2.34. The molecule has 0 aliphatic heterocycles. The van der Waals surface area contributed by atoms with Crippen LogP contribution in [0.15, 0.2) is 29.8 Å². The highest BCUT2D eigenvalue weighted by atomic mass is 32.1. The topological polar surface area (TPSA) is 56.0 Å². The summed E-state index contributed by atoms with van der Waals surface area (Å²) in [6, 6.07) is 5.78. The normalized spacial score (nSPS) is 10.9. The molecule has 0 fully saturated rings. The van der Waals surface area contributed by atoms with Crippen molar-refractivity contribution in [2.24, 2.45) is 0 Å². The van der Waals surface area contributed by atoms with Crippen LogP contribution in [-0.2, 0) is 6.61 Å². The van der Waals surface area contributed by atoms with Crippen LogP contribution in [0.5, 0.6) is 11.5 Å². The fourth-order valence-electron chi connectivity index (χ4n) is 2.11. The summed E-state index contributed by atoms with van der Waals surface area (Å²) in [6.45, 7) is -0.0558. The van der Waals surface area contributed by atoms with Crippen molar-refractivity contribution in [3.63, 3.8) is 0 Å². The van der Waals surface area contributed by atoms with E-state index in [2.05, 4.69) is 4.98 Å². The predicted molar refractivity (Wildman–Crippen MR) is 77.5 cm³/mol. The summed E-state index contributed by atoms with van der Waals surface area (Å²) in [5.74, 6) is 1.39. The van der Waals surface area contributed by atoms with Crippen LogP contribution in [0, 0.1) is 0 Å². The first-order valence-electron chi connectivity index (χ1n) is 6.05. The van der Waals surface area contributed by atoms with Gasteiger partial charge >= 0.3 is 0 Å². The number of imidazole rings is 1. The van der Waals surface area contributed by atoms with Gasteiger partial charge in [-0.15, -0.1) is 11.3 Å². The van der Waals surface area contributed by atoms with Gasteiger partial charge in [0.25, 0.3) is 0 Å². The van der Waals surface area contributed by atoms with Crippen LogP contribution in [0.4, 0.5) is 0 Å². The monoisotopic (exact) mass is 290 g/mol. The van der Waals surface area contributed by atoms with Crippen molar-refractivity contribution in [3.05, 3.63) is 35.5 Å². The van der Waals surface area contributed by atoms with E-state index in [0.717, 1.165) is 16.2 Å². The van der Waals surface area contributed by atoms with E-state index in [1.165, 1.54) is 11.3 Å². The molecular formula is C14H14N2O3S. The van der Waals surface area contributed by atoms with Gasteiger partial charge in [0.05, 0.1) is 32.2 Å². The summed E-state index contributed by atoms with van der Waals surface area (Å²) < 4.78 is 12.5. The Morgan fingerprint density at radius 1 is 1.25 bits per heavy atom. The largest absolute Gasteiger partial charge is 0.493 e. The van der Waals surface area contributed by atoms with Gasteiger partial charge in [-0.3, -0.25) is 4.40 Å². The first-order chi connectivity index (χ1) is 9.76. The molecule has 0 radical (unpaired) electrons. The Hall–Kier alpha value is -2.05. The number of methoxy groups -OCH3 is 2. The molecule has 0 aliphatic rings. The highest BCUT2D eigenvalue weighted by Gasteiger charge is 2.12. The number of fused-ring (bicyclic) bond motifs is 1. The van der Waals surface area contributed by atoms with Crippen molar-refractivity contribution in [2.45, 2.75) is 6.61 Å². The minimum absolute atomic E-state index is 0.0558. The average Bonchev–Trinajstić information content (AvgIpc) is 3.06. The van der Waals surface area contributed by atoms with E-state index >= 15 is 0 Å². The second kappa shape index (κ2) is 5.15. The minimum Gasteiger partial charge on any atom is -0.493 e. The molecule has 0 bridgehead atoms. The minimum atomic E-state index is -0.0558. The predicted octanol–water partition coefficient (Wildman–Crippen LogP) is 2.57. The molecule has 0 atom stereocenters. The third-order valence-corrected chi connectivity index (χ3v) is 3.94. The zero-order chi connectivity index (χ0) is 14.1. The van der Waals surface area contributed by atoms with Gasteiger partial charge in [0.2, 0.25) is 0 Å². The Morgan fingerprint density at radius 2 is 2.05 bits per heavy atom. The van der Waals surface area contributed by atoms with Gasteiger partial charge in [0.1, 0.15) is 0 Å². The van der Waals surface area contributed by atoms with Gasteiger partial charge in [-0.1, -0.05) is 0 Å². The average molecular weight is 290 g/mol. The summed E-state index contributed by atoms with van der Waals surface area (Å²) >= 11 is 1.54. The standard InChI is InChI=1S/C14H14N2O3S/c1-18-12-4-3-9(5-13(12)19-2)11-8-20-14-15-10(7-17)6-16(11)14/h3-6,8,17H,7H2,1-2H3. The van der Waals surface area contributed by atoms with E-state index in [1.54, 1.807) is 14.2 Å². The molecule has 3 rings (SSSR count). The molecule has 0 aliphatic carbocycles. The third kappa shape index (κ3) is 2.03. The number of thiazole rings is 1. The lowest BCUT2D eigenvalue weighted by molar-refractivity contribution is 0.277. The van der Waals surface area contributed by atoms with Crippen molar-refractivity contribution in [3.8, 4) is 22.8 Å². The van der Waals surface area contributed by atoms with E-state index in [0.29, 0.717) is 17.2 Å². The van der Waals surface area contributed by atoms with Gasteiger partial charge in [-0.2, -0.15) is 0 Å². The molecule has 1 N–H and O–H groups in total. The Morgan fingerprint density at radius 3 is 2.75 bits per heavy atom. The van der Waals surface area contributed by atoms with E-state index in [-0.39, 0.29) is 6.61 Å². The molecule has 0 unspecified atom stereocenters. The number of ether oxygens (including phenoxy) is 2. The lowest BCUT2D eigenvalue weighted by Crippen LogP contribution is -1.91. The summed E-state index contributed by atoms with van der Waals surface area (Å²) in [7, 11) is 3.23. The van der Waals surface area contributed by atoms with Crippen LogP contribution in [0.25, 0.3) is 16.2 Å². The molecule has 0 saturated heterocycles. The van der Waals surface area contributed by atoms with E-state index in [1.807, 2.05) is 34.2 Å². The Balaban J connectivity index is 2.12. The zero-order valence-corrected chi connectivity index (χ0v) is 12.0. The fourth-order valence-corrected chi connectivity index (χ4v) is 3.01. The van der Waals surface area contributed by atoms with E-state index in [4.69, 9.17) is 14.6 Å². The Kier molecular flexibility index (Phi) is 3.33. The third-order valence-electron chi connectivity index (χ3n) is 3.10. The molecule has 2 heterocycles. The Bertz CT molecular complexity index is 748. The molecule has 3 aromatic rings.